The van der Waals surface area contributed by atoms with Gasteiger partial charge in [-0.15, -0.1) is 0 Å². The lowest BCUT2D eigenvalue weighted by Crippen LogP contribution is -2.43. The number of carbonyl (C=O) groups is 4. The number of methoxy groups -OCH3 is 1. The van der Waals surface area contributed by atoms with Gasteiger partial charge in [0.25, 0.3) is 0 Å². The van der Waals surface area contributed by atoms with Crippen molar-refractivity contribution in [1.29, 1.82) is 0 Å². The highest BCUT2D eigenvalue weighted by Crippen LogP contribution is 2.60. The Morgan fingerprint density at radius 3 is 1.83 bits per heavy atom. The Bertz CT molecular complexity index is 1920. The van der Waals surface area contributed by atoms with E-state index in [9.17, 15) is 24.3 Å². The number of benzene rings is 3. The number of imide groups is 2. The Balaban J connectivity index is 1.36. The maximum atomic E-state index is 14.4. The van der Waals surface area contributed by atoms with Crippen LogP contribution in [0.15, 0.2) is 88.3 Å². The standard InChI is InChI=1S/C37H30Br2N2O6/c1-4-18-6-10-20(11-7-18)40-34(43)23-15-14-22-24(29(23)36(40)45)16-26-30(28(22)25-17-27(47-3)33(42)32(39)31(25)38)37(46)41(35(26)44)21-12-8-19(5-2)9-13-21/h4-14,17,23-24,26,28-30,42H,1-2,15-16H2,3H3. The molecule has 7 rings (SSSR count). The number of phenolic OH excluding ortho intramolecular Hbond substituents is 1. The van der Waals surface area contributed by atoms with Crippen molar-refractivity contribution in [3.8, 4) is 11.5 Å². The van der Waals surface area contributed by atoms with Crippen LogP contribution in [0.5, 0.6) is 11.5 Å². The molecule has 3 aromatic carbocycles. The fourth-order valence-corrected chi connectivity index (χ4v) is 8.93. The van der Waals surface area contributed by atoms with Crippen molar-refractivity contribution in [3.05, 3.63) is 105 Å². The molecular weight excluding hydrogens is 728 g/mol. The van der Waals surface area contributed by atoms with E-state index in [1.165, 1.54) is 16.9 Å². The van der Waals surface area contributed by atoms with E-state index < -0.39 is 35.5 Å². The second-order valence-electron chi connectivity index (χ2n) is 12.3. The van der Waals surface area contributed by atoms with Gasteiger partial charge in [-0.3, -0.25) is 29.0 Å². The van der Waals surface area contributed by atoms with Crippen LogP contribution in [-0.2, 0) is 19.2 Å². The molecule has 2 heterocycles. The van der Waals surface area contributed by atoms with Crippen molar-refractivity contribution in [2.45, 2.75) is 18.8 Å². The number of aromatic hydroxyl groups is 1. The zero-order valence-electron chi connectivity index (χ0n) is 25.4. The summed E-state index contributed by atoms with van der Waals surface area (Å²) < 4.78 is 6.35. The van der Waals surface area contributed by atoms with Crippen LogP contribution in [0, 0.1) is 29.6 Å². The van der Waals surface area contributed by atoms with E-state index >= 15 is 0 Å². The van der Waals surface area contributed by atoms with Crippen molar-refractivity contribution >= 4 is 79.0 Å². The zero-order chi connectivity index (χ0) is 33.3. The van der Waals surface area contributed by atoms with Crippen molar-refractivity contribution in [1.82, 2.24) is 0 Å². The SMILES string of the molecule is C=Cc1ccc(N2C(=O)C3CC=C4C(CC5C(=O)N(c6ccc(C=C)cc6)C(=O)C5C4c4cc(OC)c(O)c(Br)c4Br)C3C2=O)cc1. The lowest BCUT2D eigenvalue weighted by molar-refractivity contribution is -0.126. The molecule has 238 valence electrons. The van der Waals surface area contributed by atoms with Crippen LogP contribution in [0.2, 0.25) is 0 Å². The minimum atomic E-state index is -0.784. The summed E-state index contributed by atoms with van der Waals surface area (Å²) in [4.78, 5) is 59.3. The number of fused-ring (bicyclic) bond motifs is 4. The first-order valence-corrected chi connectivity index (χ1v) is 16.8. The molecular formula is C37H30Br2N2O6. The molecule has 1 N–H and O–H groups in total. The molecule has 4 aliphatic rings. The first-order valence-electron chi connectivity index (χ1n) is 15.3. The molecule has 8 nitrogen and oxygen atoms in total. The molecule has 0 spiro atoms. The first kappa shape index (κ1) is 31.3. The fourth-order valence-electron chi connectivity index (χ4n) is 7.96. The molecule has 0 bridgehead atoms. The quantitative estimate of drug-likeness (QED) is 0.210. The van der Waals surface area contributed by atoms with E-state index in [2.05, 4.69) is 45.0 Å². The van der Waals surface area contributed by atoms with Gasteiger partial charge in [0.15, 0.2) is 11.5 Å². The molecule has 2 saturated heterocycles. The summed E-state index contributed by atoms with van der Waals surface area (Å²) in [6.45, 7) is 7.57. The third kappa shape index (κ3) is 4.67. The minimum Gasteiger partial charge on any atom is -0.503 e. The number of rotatable bonds is 6. The van der Waals surface area contributed by atoms with E-state index in [1.807, 2.05) is 18.2 Å². The number of allylic oxidation sites excluding steroid dienone is 2. The monoisotopic (exact) mass is 756 g/mol. The predicted molar refractivity (Wildman–Crippen MR) is 186 cm³/mol. The number of nitrogens with zero attached hydrogens (tertiary/aromatic N) is 2. The Kier molecular flexibility index (Phi) is 7.83. The molecule has 1 saturated carbocycles. The van der Waals surface area contributed by atoms with Crippen molar-refractivity contribution in [3.63, 3.8) is 0 Å². The number of amides is 4. The number of hydrogen-bond donors (Lipinski definition) is 1. The lowest BCUT2D eigenvalue weighted by atomic mass is 9.57. The van der Waals surface area contributed by atoms with Crippen LogP contribution in [0.3, 0.4) is 0 Å². The van der Waals surface area contributed by atoms with Crippen molar-refractivity contribution < 1.29 is 29.0 Å². The first-order chi connectivity index (χ1) is 22.6. The topological polar surface area (TPSA) is 104 Å². The van der Waals surface area contributed by atoms with Gasteiger partial charge in [0.1, 0.15) is 0 Å². The fraction of sp³-hybridized carbons (Fsp3) is 0.243. The third-order valence-electron chi connectivity index (χ3n) is 10.2. The van der Waals surface area contributed by atoms with E-state index in [0.29, 0.717) is 32.3 Å². The Labute approximate surface area is 288 Å². The molecule has 3 fully saturated rings. The molecule has 2 aliphatic heterocycles. The van der Waals surface area contributed by atoms with Crippen LogP contribution in [-0.4, -0.2) is 35.8 Å². The van der Waals surface area contributed by atoms with Gasteiger partial charge in [0.2, 0.25) is 23.6 Å². The molecule has 6 unspecified atom stereocenters. The molecule has 0 aromatic heterocycles. The summed E-state index contributed by atoms with van der Waals surface area (Å²) in [6.07, 6.45) is 5.93. The molecule has 3 aromatic rings. The highest BCUT2D eigenvalue weighted by molar-refractivity contribution is 9.13. The number of ether oxygens (including phenoxy) is 1. The van der Waals surface area contributed by atoms with Crippen LogP contribution >= 0.6 is 31.9 Å². The van der Waals surface area contributed by atoms with Crippen molar-refractivity contribution in [2.24, 2.45) is 29.6 Å². The molecule has 4 amide bonds. The maximum absolute atomic E-state index is 14.4. The third-order valence-corrected chi connectivity index (χ3v) is 12.3. The van der Waals surface area contributed by atoms with Gasteiger partial charge in [-0.25, -0.2) is 0 Å². The van der Waals surface area contributed by atoms with Gasteiger partial charge >= 0.3 is 0 Å². The van der Waals surface area contributed by atoms with Crippen molar-refractivity contribution in [2.75, 3.05) is 16.9 Å². The molecule has 6 atom stereocenters. The Morgan fingerprint density at radius 2 is 1.30 bits per heavy atom. The van der Waals surface area contributed by atoms with Gasteiger partial charge < -0.3 is 9.84 Å². The van der Waals surface area contributed by atoms with Gasteiger partial charge in [-0.05, 0) is 97.6 Å². The number of anilines is 2. The molecule has 47 heavy (non-hydrogen) atoms. The van der Waals surface area contributed by atoms with Crippen LogP contribution in [0.1, 0.15) is 35.4 Å². The maximum Gasteiger partial charge on any atom is 0.238 e. The summed E-state index contributed by atoms with van der Waals surface area (Å²) in [5.41, 5.74) is 4.13. The largest absolute Gasteiger partial charge is 0.503 e. The number of phenols is 1. The highest BCUT2D eigenvalue weighted by Gasteiger charge is 2.62. The van der Waals surface area contributed by atoms with Gasteiger partial charge in [-0.2, -0.15) is 0 Å². The van der Waals surface area contributed by atoms with E-state index in [-0.39, 0.29) is 41.5 Å². The summed E-state index contributed by atoms with van der Waals surface area (Å²) >= 11 is 7.11. The lowest BCUT2D eigenvalue weighted by Gasteiger charge is -2.44. The summed E-state index contributed by atoms with van der Waals surface area (Å²) in [6, 6.07) is 15.8. The molecule has 2 aliphatic carbocycles. The number of carbonyl (C=O) groups excluding carboxylic acids is 4. The average Bonchev–Trinajstić information content (AvgIpc) is 3.50. The summed E-state index contributed by atoms with van der Waals surface area (Å²) in [7, 11) is 1.44. The van der Waals surface area contributed by atoms with E-state index in [1.54, 1.807) is 54.6 Å². The normalized spacial score (nSPS) is 26.5. The average molecular weight is 758 g/mol. The van der Waals surface area contributed by atoms with E-state index in [0.717, 1.165) is 16.7 Å². The number of halogens is 2. The van der Waals surface area contributed by atoms with Crippen LogP contribution in [0.25, 0.3) is 12.2 Å². The zero-order valence-corrected chi connectivity index (χ0v) is 28.5. The second kappa shape index (κ2) is 11.8. The highest BCUT2D eigenvalue weighted by atomic mass is 79.9. The smallest absolute Gasteiger partial charge is 0.238 e. The van der Waals surface area contributed by atoms with Crippen LogP contribution < -0.4 is 14.5 Å². The van der Waals surface area contributed by atoms with Gasteiger partial charge in [-0.1, -0.05) is 61.2 Å². The van der Waals surface area contributed by atoms with Gasteiger partial charge in [0.05, 0.1) is 46.6 Å². The molecule has 10 heteroatoms. The number of hydrogen-bond acceptors (Lipinski definition) is 6. The van der Waals surface area contributed by atoms with Crippen LogP contribution in [0.4, 0.5) is 11.4 Å². The Morgan fingerprint density at radius 1 is 0.766 bits per heavy atom. The summed E-state index contributed by atoms with van der Waals surface area (Å²) in [5, 5.41) is 10.8. The summed E-state index contributed by atoms with van der Waals surface area (Å²) in [5.74, 6) is -5.12. The van der Waals surface area contributed by atoms with Gasteiger partial charge in [0, 0.05) is 10.4 Å². The van der Waals surface area contributed by atoms with E-state index in [4.69, 9.17) is 4.74 Å². The molecule has 0 radical (unpaired) electrons. The minimum absolute atomic E-state index is 0.114. The Hall–Kier alpha value is -4.28. The second-order valence-corrected chi connectivity index (χ2v) is 13.9. The predicted octanol–water partition coefficient (Wildman–Crippen LogP) is 7.26.